The number of alkyl halides is 2. The van der Waals surface area contributed by atoms with Crippen molar-refractivity contribution in [2.24, 2.45) is 11.8 Å². The molecule has 2 aromatic carbocycles. The lowest BCUT2D eigenvalue weighted by atomic mass is 9.73. The molecular formula is C20H16F2O2. The van der Waals surface area contributed by atoms with Crippen LogP contribution in [-0.2, 0) is 0 Å². The fraction of sp³-hybridized carbons (Fsp3) is 0.200. The average Bonchev–Trinajstić information content (AvgIpc) is 2.63. The van der Waals surface area contributed by atoms with Gasteiger partial charge in [0.2, 0.25) is 0 Å². The molecule has 122 valence electrons. The standard InChI is InChI=1S/C20H16F2O2/c21-15-11-12-16(22)18(20(24)14-9-5-2-6-10-14)17(15)19(23)13-7-3-1-4-8-13/h1-12,15-18H. The van der Waals surface area contributed by atoms with Crippen molar-refractivity contribution in [2.75, 3.05) is 0 Å². The summed E-state index contributed by atoms with van der Waals surface area (Å²) in [5.41, 5.74) is 0.553. The zero-order valence-electron chi connectivity index (χ0n) is 12.8. The molecule has 0 aromatic heterocycles. The van der Waals surface area contributed by atoms with Gasteiger partial charge >= 0.3 is 0 Å². The molecule has 0 amide bonds. The van der Waals surface area contributed by atoms with Crippen molar-refractivity contribution in [1.29, 1.82) is 0 Å². The first-order chi connectivity index (χ1) is 11.6. The summed E-state index contributed by atoms with van der Waals surface area (Å²) in [7, 11) is 0. The topological polar surface area (TPSA) is 34.1 Å². The summed E-state index contributed by atoms with van der Waals surface area (Å²) in [6.45, 7) is 0. The number of hydrogen-bond acceptors (Lipinski definition) is 2. The van der Waals surface area contributed by atoms with Crippen LogP contribution in [0.5, 0.6) is 0 Å². The van der Waals surface area contributed by atoms with Gasteiger partial charge < -0.3 is 0 Å². The molecule has 0 bridgehead atoms. The van der Waals surface area contributed by atoms with Gasteiger partial charge in [-0.25, -0.2) is 8.78 Å². The van der Waals surface area contributed by atoms with Crippen molar-refractivity contribution < 1.29 is 18.4 Å². The molecule has 3 rings (SSSR count). The van der Waals surface area contributed by atoms with Crippen LogP contribution in [0.25, 0.3) is 0 Å². The van der Waals surface area contributed by atoms with Crippen LogP contribution >= 0.6 is 0 Å². The van der Waals surface area contributed by atoms with Gasteiger partial charge in [0.05, 0.1) is 11.8 Å². The molecular weight excluding hydrogens is 310 g/mol. The molecule has 4 atom stereocenters. The normalized spacial score (nSPS) is 26.1. The lowest BCUT2D eigenvalue weighted by Crippen LogP contribution is -2.43. The molecule has 2 aromatic rings. The van der Waals surface area contributed by atoms with E-state index in [1.54, 1.807) is 60.7 Å². The van der Waals surface area contributed by atoms with Crippen LogP contribution < -0.4 is 0 Å². The third kappa shape index (κ3) is 3.04. The molecule has 0 saturated carbocycles. The highest BCUT2D eigenvalue weighted by atomic mass is 19.1. The van der Waals surface area contributed by atoms with Crippen LogP contribution in [-0.4, -0.2) is 23.9 Å². The van der Waals surface area contributed by atoms with E-state index in [0.717, 1.165) is 12.2 Å². The molecule has 0 spiro atoms. The third-order valence-electron chi connectivity index (χ3n) is 4.27. The quantitative estimate of drug-likeness (QED) is 0.622. The number of allylic oxidation sites excluding steroid dienone is 2. The molecule has 0 N–H and O–H groups in total. The minimum Gasteiger partial charge on any atom is -0.294 e. The minimum absolute atomic E-state index is 0.276. The Morgan fingerprint density at radius 3 is 1.29 bits per heavy atom. The van der Waals surface area contributed by atoms with Crippen molar-refractivity contribution in [3.63, 3.8) is 0 Å². The van der Waals surface area contributed by atoms with E-state index < -0.39 is 35.7 Å². The molecule has 0 saturated heterocycles. The first-order valence-corrected chi connectivity index (χ1v) is 7.74. The summed E-state index contributed by atoms with van der Waals surface area (Å²) in [5.74, 6) is -3.83. The van der Waals surface area contributed by atoms with Gasteiger partial charge in [-0.15, -0.1) is 0 Å². The highest BCUT2D eigenvalue weighted by molar-refractivity contribution is 6.05. The van der Waals surface area contributed by atoms with Crippen LogP contribution in [0.4, 0.5) is 8.78 Å². The number of hydrogen-bond donors (Lipinski definition) is 0. The molecule has 4 heteroatoms. The Balaban J connectivity index is 1.99. The molecule has 0 heterocycles. The lowest BCUT2D eigenvalue weighted by Gasteiger charge is -2.31. The number of carbonyl (C=O) groups is 2. The zero-order valence-corrected chi connectivity index (χ0v) is 12.8. The van der Waals surface area contributed by atoms with Gasteiger partial charge in [-0.2, -0.15) is 0 Å². The molecule has 2 nitrogen and oxygen atoms in total. The van der Waals surface area contributed by atoms with Crippen molar-refractivity contribution in [2.45, 2.75) is 12.3 Å². The number of carbonyl (C=O) groups excluding carboxylic acids is 2. The second-order valence-corrected chi connectivity index (χ2v) is 5.79. The Hall–Kier alpha value is -2.62. The Morgan fingerprint density at radius 2 is 0.958 bits per heavy atom. The molecule has 0 aliphatic heterocycles. The zero-order chi connectivity index (χ0) is 17.1. The van der Waals surface area contributed by atoms with Crippen LogP contribution in [0.3, 0.4) is 0 Å². The van der Waals surface area contributed by atoms with Crippen LogP contribution in [0.2, 0.25) is 0 Å². The number of halogens is 2. The average molecular weight is 326 g/mol. The highest BCUT2D eigenvalue weighted by Crippen LogP contribution is 2.35. The minimum atomic E-state index is -1.69. The Kier molecular flexibility index (Phi) is 4.65. The molecule has 0 radical (unpaired) electrons. The van der Waals surface area contributed by atoms with Crippen LogP contribution in [0.1, 0.15) is 20.7 Å². The summed E-state index contributed by atoms with van der Waals surface area (Å²) in [5, 5.41) is 0. The van der Waals surface area contributed by atoms with Gasteiger partial charge in [0, 0.05) is 11.1 Å². The molecule has 1 aliphatic rings. The summed E-state index contributed by atoms with van der Waals surface area (Å²) in [4.78, 5) is 25.4. The van der Waals surface area contributed by atoms with Crippen LogP contribution in [0, 0.1) is 11.8 Å². The third-order valence-corrected chi connectivity index (χ3v) is 4.27. The van der Waals surface area contributed by atoms with E-state index in [9.17, 15) is 18.4 Å². The van der Waals surface area contributed by atoms with E-state index >= 15 is 0 Å². The Morgan fingerprint density at radius 1 is 0.625 bits per heavy atom. The number of rotatable bonds is 4. The summed E-state index contributed by atoms with van der Waals surface area (Å²) < 4.78 is 28.9. The van der Waals surface area contributed by atoms with E-state index in [2.05, 4.69) is 0 Å². The molecule has 1 aliphatic carbocycles. The molecule has 24 heavy (non-hydrogen) atoms. The monoisotopic (exact) mass is 326 g/mol. The smallest absolute Gasteiger partial charge is 0.170 e. The predicted molar refractivity (Wildman–Crippen MR) is 87.5 cm³/mol. The maximum atomic E-state index is 14.5. The Bertz CT molecular complexity index is 690. The van der Waals surface area contributed by atoms with Gasteiger partial charge in [-0.3, -0.25) is 9.59 Å². The van der Waals surface area contributed by atoms with Crippen molar-refractivity contribution in [3.8, 4) is 0 Å². The second-order valence-electron chi connectivity index (χ2n) is 5.79. The van der Waals surface area contributed by atoms with Crippen molar-refractivity contribution >= 4 is 11.6 Å². The first-order valence-electron chi connectivity index (χ1n) is 7.74. The predicted octanol–water partition coefficient (Wildman–Crippen LogP) is 4.23. The van der Waals surface area contributed by atoms with Gasteiger partial charge in [-0.1, -0.05) is 72.8 Å². The fourth-order valence-corrected chi connectivity index (χ4v) is 3.05. The molecule has 4 unspecified atom stereocenters. The number of ketones is 2. The molecule has 0 fully saturated rings. The van der Waals surface area contributed by atoms with Crippen molar-refractivity contribution in [1.82, 2.24) is 0 Å². The summed E-state index contributed by atoms with van der Waals surface area (Å²) >= 11 is 0. The highest BCUT2D eigenvalue weighted by Gasteiger charge is 2.45. The lowest BCUT2D eigenvalue weighted by molar-refractivity contribution is 0.0576. The van der Waals surface area contributed by atoms with E-state index in [-0.39, 0.29) is 11.1 Å². The second kappa shape index (κ2) is 6.87. The summed E-state index contributed by atoms with van der Waals surface area (Å²) in [6, 6.07) is 16.3. The van der Waals surface area contributed by atoms with Crippen molar-refractivity contribution in [3.05, 3.63) is 83.9 Å². The maximum Gasteiger partial charge on any atom is 0.170 e. The van der Waals surface area contributed by atoms with E-state index in [1.807, 2.05) is 0 Å². The SMILES string of the molecule is O=C(c1ccccc1)C1C(F)C=CC(F)C1C(=O)c1ccccc1. The fourth-order valence-electron chi connectivity index (χ4n) is 3.05. The van der Waals surface area contributed by atoms with Gasteiger partial charge in [-0.05, 0) is 0 Å². The first kappa shape index (κ1) is 16.2. The number of benzene rings is 2. The summed E-state index contributed by atoms with van der Waals surface area (Å²) in [6.07, 6.45) is -1.32. The van der Waals surface area contributed by atoms with Crippen LogP contribution in [0.15, 0.2) is 72.8 Å². The van der Waals surface area contributed by atoms with E-state index in [0.29, 0.717) is 0 Å². The van der Waals surface area contributed by atoms with E-state index in [1.165, 1.54) is 0 Å². The van der Waals surface area contributed by atoms with E-state index in [4.69, 9.17) is 0 Å². The number of Topliss-reactive ketones (excluding diaryl/α,β-unsaturated/α-hetero) is 2. The van der Waals surface area contributed by atoms with Gasteiger partial charge in [0.1, 0.15) is 12.3 Å². The Labute approximate surface area is 138 Å². The van der Waals surface area contributed by atoms with Gasteiger partial charge in [0.15, 0.2) is 11.6 Å². The maximum absolute atomic E-state index is 14.5. The largest absolute Gasteiger partial charge is 0.294 e. The van der Waals surface area contributed by atoms with Gasteiger partial charge in [0.25, 0.3) is 0 Å².